The Hall–Kier alpha value is -1.14. The first kappa shape index (κ1) is 13.9. The van der Waals surface area contributed by atoms with Crippen LogP contribution in [0.3, 0.4) is 0 Å². The second kappa shape index (κ2) is 6.56. The maximum absolute atomic E-state index is 11.6. The van der Waals surface area contributed by atoms with Crippen LogP contribution in [0.1, 0.15) is 19.8 Å². The van der Waals surface area contributed by atoms with Gasteiger partial charge in [-0.05, 0) is 25.3 Å². The summed E-state index contributed by atoms with van der Waals surface area (Å²) >= 11 is 0. The van der Waals surface area contributed by atoms with Crippen LogP contribution < -0.4 is 11.1 Å². The Bertz CT molecular complexity index is 283. The van der Waals surface area contributed by atoms with E-state index in [4.69, 9.17) is 5.73 Å². The zero-order valence-corrected chi connectivity index (χ0v) is 10.4. The van der Waals surface area contributed by atoms with E-state index in [1.54, 1.807) is 0 Å². The molecule has 1 fully saturated rings. The van der Waals surface area contributed by atoms with Crippen LogP contribution in [-0.4, -0.2) is 49.7 Å². The zero-order chi connectivity index (χ0) is 12.8. The van der Waals surface area contributed by atoms with E-state index in [1.165, 1.54) is 7.11 Å². The largest absolute Gasteiger partial charge is 0.453 e. The molecule has 0 spiro atoms. The molecule has 2 amide bonds. The lowest BCUT2D eigenvalue weighted by molar-refractivity contribution is -0.122. The maximum Gasteiger partial charge on any atom is 0.413 e. The van der Waals surface area contributed by atoms with E-state index < -0.39 is 6.09 Å². The van der Waals surface area contributed by atoms with Crippen LogP contribution in [0.4, 0.5) is 4.79 Å². The van der Waals surface area contributed by atoms with Crippen LogP contribution in [-0.2, 0) is 9.53 Å². The molecule has 0 aromatic carbocycles. The smallest absolute Gasteiger partial charge is 0.413 e. The van der Waals surface area contributed by atoms with Gasteiger partial charge in [0.15, 0.2) is 0 Å². The third-order valence-electron chi connectivity index (χ3n) is 3.25. The number of hydrogen-bond acceptors (Lipinski definition) is 5. The van der Waals surface area contributed by atoms with Crippen molar-refractivity contribution in [1.82, 2.24) is 10.2 Å². The number of alkyl carbamates (subject to hydrolysis) is 1. The van der Waals surface area contributed by atoms with Crippen molar-refractivity contribution >= 4 is 12.0 Å². The number of carbonyl (C=O) groups is 2. The Morgan fingerprint density at radius 3 is 2.82 bits per heavy atom. The van der Waals surface area contributed by atoms with E-state index in [9.17, 15) is 9.59 Å². The number of piperidine rings is 1. The van der Waals surface area contributed by atoms with E-state index in [2.05, 4.69) is 17.0 Å². The first-order valence-electron chi connectivity index (χ1n) is 5.90. The Labute approximate surface area is 101 Å². The van der Waals surface area contributed by atoms with Crippen LogP contribution in [0, 0.1) is 5.92 Å². The van der Waals surface area contributed by atoms with Crippen LogP contribution >= 0.6 is 0 Å². The Kier molecular flexibility index (Phi) is 5.37. The van der Waals surface area contributed by atoms with Crippen molar-refractivity contribution in [3.05, 3.63) is 0 Å². The SMILES string of the molecule is COC(=O)NC(=O)CN1CCCC(C)C1CN. The monoisotopic (exact) mass is 243 g/mol. The zero-order valence-electron chi connectivity index (χ0n) is 10.4. The van der Waals surface area contributed by atoms with Crippen molar-refractivity contribution in [3.8, 4) is 0 Å². The van der Waals surface area contributed by atoms with E-state index >= 15 is 0 Å². The molecule has 0 bridgehead atoms. The predicted molar refractivity (Wildman–Crippen MR) is 63.4 cm³/mol. The molecule has 6 nitrogen and oxygen atoms in total. The lowest BCUT2D eigenvalue weighted by Crippen LogP contribution is -2.52. The van der Waals surface area contributed by atoms with Gasteiger partial charge in [0.05, 0.1) is 13.7 Å². The van der Waals surface area contributed by atoms with Crippen molar-refractivity contribution in [2.75, 3.05) is 26.7 Å². The number of imide groups is 1. The van der Waals surface area contributed by atoms with Crippen molar-refractivity contribution in [1.29, 1.82) is 0 Å². The standard InChI is InChI=1S/C11H21N3O3/c1-8-4-3-5-14(9(8)6-12)7-10(15)13-11(16)17-2/h8-9H,3-7,12H2,1-2H3,(H,13,15,16). The molecule has 3 N–H and O–H groups in total. The molecule has 0 saturated carbocycles. The van der Waals surface area contributed by atoms with Crippen LogP contribution in [0.2, 0.25) is 0 Å². The highest BCUT2D eigenvalue weighted by atomic mass is 16.5. The van der Waals surface area contributed by atoms with Gasteiger partial charge < -0.3 is 10.5 Å². The van der Waals surface area contributed by atoms with Crippen molar-refractivity contribution < 1.29 is 14.3 Å². The number of methoxy groups -OCH3 is 1. The van der Waals surface area contributed by atoms with Gasteiger partial charge in [-0.25, -0.2) is 4.79 Å². The average Bonchev–Trinajstić information content (AvgIpc) is 2.29. The van der Waals surface area contributed by atoms with Gasteiger partial charge in [-0.2, -0.15) is 0 Å². The molecule has 98 valence electrons. The number of nitrogens with two attached hydrogens (primary N) is 1. The quantitative estimate of drug-likeness (QED) is 0.724. The first-order chi connectivity index (χ1) is 8.08. The molecule has 0 aromatic rings. The van der Waals surface area contributed by atoms with Crippen LogP contribution in [0.5, 0.6) is 0 Å². The van der Waals surface area contributed by atoms with Gasteiger partial charge in [-0.3, -0.25) is 15.0 Å². The summed E-state index contributed by atoms with van der Waals surface area (Å²) in [7, 11) is 1.23. The maximum atomic E-state index is 11.6. The van der Waals surface area contributed by atoms with Crippen molar-refractivity contribution in [3.63, 3.8) is 0 Å². The lowest BCUT2D eigenvalue weighted by atomic mass is 9.91. The number of nitrogens with one attached hydrogen (secondary N) is 1. The molecule has 0 aromatic heterocycles. The second-order valence-electron chi connectivity index (χ2n) is 4.43. The molecule has 2 unspecified atom stereocenters. The van der Waals surface area contributed by atoms with E-state index in [1.807, 2.05) is 4.90 Å². The molecule has 0 aliphatic carbocycles. The van der Waals surface area contributed by atoms with Crippen molar-refractivity contribution in [2.45, 2.75) is 25.8 Å². The summed E-state index contributed by atoms with van der Waals surface area (Å²) in [6.07, 6.45) is 1.48. The third-order valence-corrected chi connectivity index (χ3v) is 3.25. The van der Waals surface area contributed by atoms with E-state index in [0.29, 0.717) is 12.5 Å². The van der Waals surface area contributed by atoms with Gasteiger partial charge in [-0.15, -0.1) is 0 Å². The number of amides is 2. The van der Waals surface area contributed by atoms with Gasteiger partial charge in [-0.1, -0.05) is 6.92 Å². The fraction of sp³-hybridized carbons (Fsp3) is 0.818. The topological polar surface area (TPSA) is 84.7 Å². The van der Waals surface area contributed by atoms with Gasteiger partial charge in [0.1, 0.15) is 0 Å². The highest BCUT2D eigenvalue weighted by Crippen LogP contribution is 2.21. The van der Waals surface area contributed by atoms with Gasteiger partial charge in [0.25, 0.3) is 0 Å². The average molecular weight is 243 g/mol. The van der Waals surface area contributed by atoms with E-state index in [0.717, 1.165) is 19.4 Å². The number of ether oxygens (including phenoxy) is 1. The second-order valence-corrected chi connectivity index (χ2v) is 4.43. The summed E-state index contributed by atoms with van der Waals surface area (Å²) < 4.78 is 4.37. The minimum Gasteiger partial charge on any atom is -0.453 e. The van der Waals surface area contributed by atoms with Gasteiger partial charge in [0, 0.05) is 12.6 Å². The number of likely N-dealkylation sites (tertiary alicyclic amines) is 1. The summed E-state index contributed by atoms with van der Waals surface area (Å²) in [4.78, 5) is 24.5. The fourth-order valence-electron chi connectivity index (χ4n) is 2.30. The molecule has 1 heterocycles. The number of hydrogen-bond donors (Lipinski definition) is 2. The lowest BCUT2D eigenvalue weighted by Gasteiger charge is -2.38. The normalized spacial score (nSPS) is 25.4. The molecular weight excluding hydrogens is 222 g/mol. The molecular formula is C11H21N3O3. The first-order valence-corrected chi connectivity index (χ1v) is 5.90. The van der Waals surface area contributed by atoms with E-state index in [-0.39, 0.29) is 18.5 Å². The third kappa shape index (κ3) is 3.98. The summed E-state index contributed by atoms with van der Waals surface area (Å²) in [5.41, 5.74) is 5.72. The van der Waals surface area contributed by atoms with Crippen molar-refractivity contribution in [2.24, 2.45) is 11.7 Å². The Morgan fingerprint density at radius 1 is 1.53 bits per heavy atom. The molecule has 6 heteroatoms. The summed E-state index contributed by atoms with van der Waals surface area (Å²) in [6.45, 7) is 3.72. The van der Waals surface area contributed by atoms with Crippen LogP contribution in [0.15, 0.2) is 0 Å². The fourth-order valence-corrected chi connectivity index (χ4v) is 2.30. The summed E-state index contributed by atoms with van der Waals surface area (Å²) in [6, 6.07) is 0.215. The summed E-state index contributed by atoms with van der Waals surface area (Å²) in [5, 5.41) is 2.15. The molecule has 1 aliphatic heterocycles. The minimum absolute atomic E-state index is 0.196. The molecule has 1 aliphatic rings. The highest BCUT2D eigenvalue weighted by Gasteiger charge is 2.28. The molecule has 17 heavy (non-hydrogen) atoms. The Balaban J connectivity index is 2.48. The molecule has 1 rings (SSSR count). The van der Waals surface area contributed by atoms with Gasteiger partial charge in [0.2, 0.25) is 5.91 Å². The summed E-state index contributed by atoms with van der Waals surface area (Å²) in [5.74, 6) is 0.143. The predicted octanol–water partition coefficient (Wildman–Crippen LogP) is -0.0718. The Morgan fingerprint density at radius 2 is 2.24 bits per heavy atom. The molecule has 2 atom stereocenters. The molecule has 1 saturated heterocycles. The number of rotatable bonds is 3. The van der Waals surface area contributed by atoms with Gasteiger partial charge >= 0.3 is 6.09 Å². The number of carbonyl (C=O) groups excluding carboxylic acids is 2. The van der Waals surface area contributed by atoms with Crippen LogP contribution in [0.25, 0.3) is 0 Å². The highest BCUT2D eigenvalue weighted by molar-refractivity contribution is 5.92. The molecule has 0 radical (unpaired) electrons. The minimum atomic E-state index is -0.718. The number of nitrogens with zero attached hydrogens (tertiary/aromatic N) is 1.